The molecule has 2 N–H and O–H groups in total. The Morgan fingerprint density at radius 1 is 1.50 bits per heavy atom. The minimum absolute atomic E-state index is 0.0335. The van der Waals surface area contributed by atoms with Gasteiger partial charge in [0.25, 0.3) is 0 Å². The molecule has 2 rings (SSSR count). The Balaban J connectivity index is 1.94. The normalized spacial score (nSPS) is 17.9. The first-order valence-electron chi connectivity index (χ1n) is 5.75. The first kappa shape index (κ1) is 13.0. The monoisotopic (exact) mass is 272 g/mol. The summed E-state index contributed by atoms with van der Waals surface area (Å²) in [4.78, 5) is 13.0. The standard InChI is InChI=1S/C10H16N4O3S/c1-8(15)14-4-2-9(3-5-14)13-18(16,17)10-6-11-12-7-10/h6-7,9,13H,2-5H2,1H3,(H,11,12). The number of aromatic nitrogens is 2. The van der Waals surface area contributed by atoms with Crippen molar-refractivity contribution in [1.29, 1.82) is 0 Å². The third-order valence-electron chi connectivity index (χ3n) is 3.05. The lowest BCUT2D eigenvalue weighted by Gasteiger charge is -2.31. The van der Waals surface area contributed by atoms with Gasteiger partial charge in [-0.1, -0.05) is 0 Å². The third-order valence-corrected chi connectivity index (χ3v) is 4.53. The number of aromatic amines is 1. The van der Waals surface area contributed by atoms with Crippen LogP contribution in [-0.2, 0) is 14.8 Å². The van der Waals surface area contributed by atoms with Crippen LogP contribution in [0.3, 0.4) is 0 Å². The second-order valence-corrected chi connectivity index (χ2v) is 6.05. The van der Waals surface area contributed by atoms with Crippen molar-refractivity contribution in [3.8, 4) is 0 Å². The number of rotatable bonds is 3. The lowest BCUT2D eigenvalue weighted by atomic mass is 10.1. The Hall–Kier alpha value is -1.41. The molecule has 0 aromatic carbocycles. The van der Waals surface area contributed by atoms with Crippen LogP contribution in [0.2, 0.25) is 0 Å². The number of nitrogens with one attached hydrogen (secondary N) is 2. The molecule has 0 atom stereocenters. The van der Waals surface area contributed by atoms with Crippen molar-refractivity contribution in [2.75, 3.05) is 13.1 Å². The summed E-state index contributed by atoms with van der Waals surface area (Å²) in [6.45, 7) is 2.71. The zero-order valence-electron chi connectivity index (χ0n) is 10.1. The number of amides is 1. The summed E-state index contributed by atoms with van der Waals surface area (Å²) in [7, 11) is -3.50. The fourth-order valence-corrected chi connectivity index (χ4v) is 3.20. The van der Waals surface area contributed by atoms with E-state index in [1.807, 2.05) is 0 Å². The van der Waals surface area contributed by atoms with Crippen LogP contribution in [0.1, 0.15) is 19.8 Å². The van der Waals surface area contributed by atoms with Gasteiger partial charge >= 0.3 is 0 Å². The zero-order valence-corrected chi connectivity index (χ0v) is 10.9. The maximum absolute atomic E-state index is 11.9. The molecule has 1 aliphatic heterocycles. The molecule has 1 aliphatic rings. The molecule has 7 nitrogen and oxygen atoms in total. The molecule has 18 heavy (non-hydrogen) atoms. The summed E-state index contributed by atoms with van der Waals surface area (Å²) in [5, 5.41) is 6.09. The minimum atomic E-state index is -3.50. The molecule has 0 unspecified atom stereocenters. The first-order valence-corrected chi connectivity index (χ1v) is 7.24. The Kier molecular flexibility index (Phi) is 3.67. The molecule has 1 aromatic rings. The Labute approximate surface area is 106 Å². The van der Waals surface area contributed by atoms with Crippen LogP contribution in [0, 0.1) is 0 Å². The van der Waals surface area contributed by atoms with Gasteiger partial charge in [0.2, 0.25) is 15.9 Å². The van der Waals surface area contributed by atoms with E-state index in [0.29, 0.717) is 25.9 Å². The largest absolute Gasteiger partial charge is 0.343 e. The molecule has 2 heterocycles. The SMILES string of the molecule is CC(=O)N1CCC(NS(=O)(=O)c2cn[nH]c2)CC1. The van der Waals surface area contributed by atoms with E-state index in [1.165, 1.54) is 19.3 Å². The van der Waals surface area contributed by atoms with E-state index in [4.69, 9.17) is 0 Å². The number of likely N-dealkylation sites (tertiary alicyclic amines) is 1. The maximum Gasteiger partial charge on any atom is 0.243 e. The van der Waals surface area contributed by atoms with Crippen LogP contribution in [0.15, 0.2) is 17.3 Å². The highest BCUT2D eigenvalue weighted by Crippen LogP contribution is 2.14. The smallest absolute Gasteiger partial charge is 0.243 e. The van der Waals surface area contributed by atoms with Crippen molar-refractivity contribution in [2.24, 2.45) is 0 Å². The van der Waals surface area contributed by atoms with Gasteiger partial charge in [0.1, 0.15) is 4.90 Å². The summed E-state index contributed by atoms with van der Waals surface area (Å²) in [6, 6.07) is -0.125. The average Bonchev–Trinajstić information content (AvgIpc) is 2.83. The lowest BCUT2D eigenvalue weighted by molar-refractivity contribution is -0.129. The van der Waals surface area contributed by atoms with E-state index in [-0.39, 0.29) is 16.8 Å². The number of H-pyrrole nitrogens is 1. The molecule has 1 amide bonds. The van der Waals surface area contributed by atoms with Crippen molar-refractivity contribution < 1.29 is 13.2 Å². The highest BCUT2D eigenvalue weighted by molar-refractivity contribution is 7.89. The topological polar surface area (TPSA) is 95.2 Å². The van der Waals surface area contributed by atoms with E-state index < -0.39 is 10.0 Å². The van der Waals surface area contributed by atoms with Crippen LogP contribution in [0.5, 0.6) is 0 Å². The Morgan fingerprint density at radius 2 is 2.17 bits per heavy atom. The summed E-state index contributed by atoms with van der Waals surface area (Å²) in [5.41, 5.74) is 0. The van der Waals surface area contributed by atoms with E-state index >= 15 is 0 Å². The van der Waals surface area contributed by atoms with Gasteiger partial charge in [-0.05, 0) is 12.8 Å². The highest BCUT2D eigenvalue weighted by Gasteiger charge is 2.25. The first-order chi connectivity index (χ1) is 8.49. The highest BCUT2D eigenvalue weighted by atomic mass is 32.2. The van der Waals surface area contributed by atoms with Crippen molar-refractivity contribution in [3.63, 3.8) is 0 Å². The van der Waals surface area contributed by atoms with Crippen LogP contribution in [-0.4, -0.2) is 48.6 Å². The second kappa shape index (κ2) is 5.07. The van der Waals surface area contributed by atoms with Crippen LogP contribution in [0.25, 0.3) is 0 Å². The number of sulfonamides is 1. The van der Waals surface area contributed by atoms with Gasteiger partial charge in [-0.25, -0.2) is 13.1 Å². The number of carbonyl (C=O) groups is 1. The number of piperidine rings is 1. The average molecular weight is 272 g/mol. The van der Waals surface area contributed by atoms with E-state index in [2.05, 4.69) is 14.9 Å². The number of carbonyl (C=O) groups excluding carboxylic acids is 1. The molecule has 0 saturated carbocycles. The predicted octanol–water partition coefficient (Wildman–Crippen LogP) is -0.301. The molecular formula is C10H16N4O3S. The van der Waals surface area contributed by atoms with Gasteiger partial charge in [-0.2, -0.15) is 5.10 Å². The summed E-state index contributed by atoms with van der Waals surface area (Å²) in [6.07, 6.45) is 3.88. The number of hydrogen-bond donors (Lipinski definition) is 2. The molecule has 0 bridgehead atoms. The second-order valence-electron chi connectivity index (χ2n) is 4.34. The fraction of sp³-hybridized carbons (Fsp3) is 0.600. The quantitative estimate of drug-likeness (QED) is 0.789. The van der Waals surface area contributed by atoms with Gasteiger partial charge in [0, 0.05) is 32.3 Å². The predicted molar refractivity (Wildman–Crippen MR) is 64.2 cm³/mol. The van der Waals surface area contributed by atoms with Crippen LogP contribution in [0.4, 0.5) is 0 Å². The molecule has 1 fully saturated rings. The Morgan fingerprint density at radius 3 is 2.67 bits per heavy atom. The summed E-state index contributed by atoms with van der Waals surface area (Å²) in [5.74, 6) is 0.0335. The third kappa shape index (κ3) is 2.88. The van der Waals surface area contributed by atoms with E-state index in [9.17, 15) is 13.2 Å². The van der Waals surface area contributed by atoms with Crippen molar-refractivity contribution in [1.82, 2.24) is 19.8 Å². The van der Waals surface area contributed by atoms with Gasteiger partial charge < -0.3 is 4.90 Å². The summed E-state index contributed by atoms with van der Waals surface area (Å²) >= 11 is 0. The van der Waals surface area contributed by atoms with Crippen molar-refractivity contribution in [3.05, 3.63) is 12.4 Å². The van der Waals surface area contributed by atoms with Gasteiger partial charge in [0.05, 0.1) is 6.20 Å². The van der Waals surface area contributed by atoms with E-state index in [1.54, 1.807) is 4.90 Å². The maximum atomic E-state index is 11.9. The van der Waals surface area contributed by atoms with Crippen LogP contribution >= 0.6 is 0 Å². The molecule has 100 valence electrons. The molecule has 1 aromatic heterocycles. The number of hydrogen-bond acceptors (Lipinski definition) is 4. The molecule has 0 spiro atoms. The fourth-order valence-electron chi connectivity index (χ4n) is 1.99. The molecule has 8 heteroatoms. The van der Waals surface area contributed by atoms with E-state index in [0.717, 1.165) is 0 Å². The zero-order chi connectivity index (χ0) is 13.2. The molecule has 1 saturated heterocycles. The molecule has 0 radical (unpaired) electrons. The van der Waals surface area contributed by atoms with Crippen molar-refractivity contribution in [2.45, 2.75) is 30.7 Å². The van der Waals surface area contributed by atoms with Crippen LogP contribution < -0.4 is 4.72 Å². The minimum Gasteiger partial charge on any atom is -0.343 e. The number of nitrogens with zero attached hydrogens (tertiary/aromatic N) is 2. The summed E-state index contributed by atoms with van der Waals surface area (Å²) < 4.78 is 26.5. The molecular weight excluding hydrogens is 256 g/mol. The lowest BCUT2D eigenvalue weighted by Crippen LogP contribution is -2.45. The Bertz CT molecular complexity index is 503. The van der Waals surface area contributed by atoms with Gasteiger partial charge in [0.15, 0.2) is 0 Å². The van der Waals surface area contributed by atoms with Crippen molar-refractivity contribution >= 4 is 15.9 Å². The van der Waals surface area contributed by atoms with Gasteiger partial charge in [-0.3, -0.25) is 9.89 Å². The van der Waals surface area contributed by atoms with Gasteiger partial charge in [-0.15, -0.1) is 0 Å². The molecule has 0 aliphatic carbocycles.